The molecular weight excluding hydrogens is 388 g/mol. The summed E-state index contributed by atoms with van der Waals surface area (Å²) in [5, 5.41) is 12.5. The molecule has 0 saturated heterocycles. The van der Waals surface area contributed by atoms with E-state index in [0.29, 0.717) is 18.7 Å². The van der Waals surface area contributed by atoms with Crippen molar-refractivity contribution in [2.75, 3.05) is 34.9 Å². The van der Waals surface area contributed by atoms with Gasteiger partial charge in [0.25, 0.3) is 0 Å². The van der Waals surface area contributed by atoms with Crippen LogP contribution in [0.4, 0.5) is 0 Å². The van der Waals surface area contributed by atoms with Crippen molar-refractivity contribution in [3.63, 3.8) is 0 Å². The Labute approximate surface area is 183 Å². The van der Waals surface area contributed by atoms with Gasteiger partial charge >= 0.3 is 5.97 Å². The molecular formula is C26H28N2O3. The number of methoxy groups -OCH3 is 2. The molecule has 5 heteroatoms. The molecule has 0 radical (unpaired) electrons. The Kier molecular flexibility index (Phi) is 6.94. The molecule has 3 aromatic carbocycles. The topological polar surface area (TPSA) is 62.6 Å². The second-order valence-corrected chi connectivity index (χ2v) is 7.87. The highest BCUT2D eigenvalue weighted by Gasteiger charge is 2.50. The lowest BCUT2D eigenvalue weighted by Crippen LogP contribution is -2.40. The molecule has 31 heavy (non-hydrogen) atoms. The van der Waals surface area contributed by atoms with E-state index in [0.717, 1.165) is 21.9 Å². The van der Waals surface area contributed by atoms with Crippen LogP contribution in [-0.2, 0) is 9.53 Å². The van der Waals surface area contributed by atoms with E-state index in [2.05, 4.69) is 6.07 Å². The first-order valence-electron chi connectivity index (χ1n) is 10.2. The number of para-hydroxylation sites is 1. The predicted molar refractivity (Wildman–Crippen MR) is 122 cm³/mol. The molecule has 3 rings (SSSR count). The predicted octanol–water partition coefficient (Wildman–Crippen LogP) is 4.61. The summed E-state index contributed by atoms with van der Waals surface area (Å²) in [5.74, 6) is -0.485. The molecule has 0 heterocycles. The molecule has 0 aliphatic rings. The number of benzene rings is 3. The van der Waals surface area contributed by atoms with Gasteiger partial charge < -0.3 is 14.4 Å². The lowest BCUT2D eigenvalue weighted by atomic mass is 9.66. The van der Waals surface area contributed by atoms with Crippen molar-refractivity contribution >= 4 is 16.7 Å². The lowest BCUT2D eigenvalue weighted by Gasteiger charge is -2.35. The number of fused-ring (bicyclic) bond motifs is 1. The van der Waals surface area contributed by atoms with E-state index in [4.69, 9.17) is 9.47 Å². The van der Waals surface area contributed by atoms with Gasteiger partial charge in [0.05, 0.1) is 20.3 Å². The fraction of sp³-hybridized carbons (Fsp3) is 0.308. The van der Waals surface area contributed by atoms with Crippen LogP contribution in [0, 0.1) is 16.7 Å². The third kappa shape index (κ3) is 4.26. The van der Waals surface area contributed by atoms with Crippen LogP contribution in [0.2, 0.25) is 0 Å². The van der Waals surface area contributed by atoms with Gasteiger partial charge in [-0.15, -0.1) is 0 Å². The van der Waals surface area contributed by atoms with Gasteiger partial charge in [-0.25, -0.2) is 0 Å². The second-order valence-electron chi connectivity index (χ2n) is 7.87. The van der Waals surface area contributed by atoms with Crippen LogP contribution in [0.5, 0.6) is 5.75 Å². The number of hydrogen-bond acceptors (Lipinski definition) is 5. The quantitative estimate of drug-likeness (QED) is 0.502. The van der Waals surface area contributed by atoms with E-state index < -0.39 is 17.3 Å². The maximum absolute atomic E-state index is 13.3. The number of nitrogens with zero attached hydrogens (tertiary/aromatic N) is 2. The Morgan fingerprint density at radius 3 is 2.32 bits per heavy atom. The van der Waals surface area contributed by atoms with Crippen molar-refractivity contribution in [2.24, 2.45) is 5.41 Å². The number of rotatable bonds is 8. The van der Waals surface area contributed by atoms with Crippen molar-refractivity contribution in [1.29, 1.82) is 5.26 Å². The van der Waals surface area contributed by atoms with Gasteiger partial charge in [0, 0.05) is 11.5 Å². The minimum atomic E-state index is -1.43. The van der Waals surface area contributed by atoms with E-state index in [1.54, 1.807) is 7.11 Å². The van der Waals surface area contributed by atoms with Crippen LogP contribution in [0.25, 0.3) is 10.8 Å². The first kappa shape index (κ1) is 22.3. The summed E-state index contributed by atoms with van der Waals surface area (Å²) >= 11 is 0. The Hall–Kier alpha value is -3.36. The maximum Gasteiger partial charge on any atom is 0.327 e. The van der Waals surface area contributed by atoms with Crippen LogP contribution < -0.4 is 4.74 Å². The van der Waals surface area contributed by atoms with Crippen molar-refractivity contribution < 1.29 is 14.3 Å². The van der Waals surface area contributed by atoms with Gasteiger partial charge in [0.15, 0.2) is 5.41 Å². The van der Waals surface area contributed by atoms with Crippen LogP contribution in [0.15, 0.2) is 66.7 Å². The Bertz CT molecular complexity index is 1100. The van der Waals surface area contributed by atoms with E-state index >= 15 is 0 Å². The monoisotopic (exact) mass is 416 g/mol. The third-order valence-corrected chi connectivity index (χ3v) is 5.78. The van der Waals surface area contributed by atoms with E-state index in [1.807, 2.05) is 85.7 Å². The van der Waals surface area contributed by atoms with Crippen LogP contribution >= 0.6 is 0 Å². The van der Waals surface area contributed by atoms with Crippen molar-refractivity contribution in [3.8, 4) is 11.8 Å². The SMILES string of the molecule is COC(=O)[C@@](C#N)(CCN(C)C)[C@@H](c1ccccc1OC)c1cccc2ccccc12. The second kappa shape index (κ2) is 9.63. The van der Waals surface area contributed by atoms with E-state index in [-0.39, 0.29) is 0 Å². The molecule has 0 N–H and O–H groups in total. The van der Waals surface area contributed by atoms with E-state index in [9.17, 15) is 10.1 Å². The minimum absolute atomic E-state index is 0.315. The maximum atomic E-state index is 13.3. The molecule has 0 amide bonds. The summed E-state index contributed by atoms with van der Waals surface area (Å²) in [6, 6.07) is 23.9. The van der Waals surface area contributed by atoms with Gasteiger partial charge in [-0.1, -0.05) is 60.7 Å². The van der Waals surface area contributed by atoms with E-state index in [1.165, 1.54) is 7.11 Å². The van der Waals surface area contributed by atoms with Gasteiger partial charge in [0.2, 0.25) is 0 Å². The average molecular weight is 417 g/mol. The highest BCUT2D eigenvalue weighted by atomic mass is 16.5. The van der Waals surface area contributed by atoms with Gasteiger partial charge in [0.1, 0.15) is 5.75 Å². The van der Waals surface area contributed by atoms with Crippen molar-refractivity contribution in [2.45, 2.75) is 12.3 Å². The highest BCUT2D eigenvalue weighted by molar-refractivity contribution is 5.90. The molecule has 0 unspecified atom stereocenters. The number of ether oxygens (including phenoxy) is 2. The third-order valence-electron chi connectivity index (χ3n) is 5.78. The van der Waals surface area contributed by atoms with Crippen LogP contribution in [-0.4, -0.2) is 45.7 Å². The number of nitriles is 1. The van der Waals surface area contributed by atoms with Gasteiger partial charge in [-0.2, -0.15) is 5.26 Å². The molecule has 2 atom stereocenters. The zero-order valence-corrected chi connectivity index (χ0v) is 18.5. The standard InChI is InChI=1S/C26H28N2O3/c1-28(2)17-16-26(18-27,25(29)31-4)24(22-13-7-8-15-23(22)30-3)21-14-9-11-19-10-5-6-12-20(19)21/h5-15,24H,16-17H2,1-4H3/t24-,26-/m1/s1. The molecule has 0 aliphatic carbocycles. The summed E-state index contributed by atoms with van der Waals surface area (Å²) < 4.78 is 10.9. The highest BCUT2D eigenvalue weighted by Crippen LogP contribution is 2.49. The number of carbonyl (C=O) groups is 1. The minimum Gasteiger partial charge on any atom is -0.496 e. The van der Waals surface area contributed by atoms with Crippen molar-refractivity contribution in [3.05, 3.63) is 77.9 Å². The average Bonchev–Trinajstić information content (AvgIpc) is 2.81. The zero-order valence-electron chi connectivity index (χ0n) is 18.5. The fourth-order valence-corrected chi connectivity index (χ4v) is 4.22. The number of carbonyl (C=O) groups excluding carboxylic acids is 1. The Balaban J connectivity index is 2.38. The molecule has 0 aromatic heterocycles. The Morgan fingerprint density at radius 1 is 1.00 bits per heavy atom. The first-order chi connectivity index (χ1) is 15.0. The van der Waals surface area contributed by atoms with Crippen LogP contribution in [0.3, 0.4) is 0 Å². The summed E-state index contributed by atoms with van der Waals surface area (Å²) in [6.45, 7) is 0.555. The Morgan fingerprint density at radius 2 is 1.65 bits per heavy atom. The molecule has 0 fully saturated rings. The normalized spacial score (nSPS) is 13.9. The molecule has 160 valence electrons. The van der Waals surface area contributed by atoms with Gasteiger partial charge in [-0.3, -0.25) is 4.79 Å². The smallest absolute Gasteiger partial charge is 0.327 e. The summed E-state index contributed by atoms with van der Waals surface area (Å²) in [4.78, 5) is 15.3. The summed E-state index contributed by atoms with van der Waals surface area (Å²) in [5.41, 5.74) is 0.248. The molecule has 0 spiro atoms. The van der Waals surface area contributed by atoms with Crippen LogP contribution in [0.1, 0.15) is 23.5 Å². The number of hydrogen-bond donors (Lipinski definition) is 0. The summed E-state index contributed by atoms with van der Waals surface area (Å²) in [6.07, 6.45) is 0.315. The molecule has 3 aromatic rings. The molecule has 0 aliphatic heterocycles. The van der Waals surface area contributed by atoms with Crippen molar-refractivity contribution in [1.82, 2.24) is 4.90 Å². The van der Waals surface area contributed by atoms with Gasteiger partial charge in [-0.05, 0) is 49.5 Å². The summed E-state index contributed by atoms with van der Waals surface area (Å²) in [7, 11) is 6.79. The zero-order chi connectivity index (χ0) is 22.4. The largest absolute Gasteiger partial charge is 0.496 e. The molecule has 0 bridgehead atoms. The first-order valence-corrected chi connectivity index (χ1v) is 10.2. The molecule has 5 nitrogen and oxygen atoms in total. The lowest BCUT2D eigenvalue weighted by molar-refractivity contribution is -0.150. The molecule has 0 saturated carbocycles. The fourth-order valence-electron chi connectivity index (χ4n) is 4.22. The number of esters is 1.